The number of carbonyl (C=O) groups excluding carboxylic acids is 1. The highest BCUT2D eigenvalue weighted by Gasteiger charge is 2.30. The summed E-state index contributed by atoms with van der Waals surface area (Å²) in [5.41, 5.74) is 0.680. The minimum absolute atomic E-state index is 0.0705. The molecule has 2 amide bonds. The first-order chi connectivity index (χ1) is 12.4. The van der Waals surface area contributed by atoms with E-state index in [1.54, 1.807) is 12.1 Å². The fourth-order valence-corrected chi connectivity index (χ4v) is 2.72. The van der Waals surface area contributed by atoms with Gasteiger partial charge in [-0.2, -0.15) is 13.2 Å². The van der Waals surface area contributed by atoms with Gasteiger partial charge in [-0.25, -0.2) is 4.79 Å². The number of rotatable bonds is 3. The minimum atomic E-state index is -4.46. The molecule has 5 nitrogen and oxygen atoms in total. The van der Waals surface area contributed by atoms with Crippen molar-refractivity contribution in [2.75, 3.05) is 41.8 Å². The summed E-state index contributed by atoms with van der Waals surface area (Å²) in [7, 11) is 0. The zero-order valence-corrected chi connectivity index (χ0v) is 13.8. The number of ether oxygens (including phenoxy) is 1. The van der Waals surface area contributed by atoms with Crippen LogP contribution < -0.4 is 15.5 Å². The van der Waals surface area contributed by atoms with Crippen LogP contribution in [0, 0.1) is 0 Å². The number of hydrogen-bond donors (Lipinski definition) is 2. The van der Waals surface area contributed by atoms with Crippen LogP contribution in [0.25, 0.3) is 0 Å². The lowest BCUT2D eigenvalue weighted by Crippen LogP contribution is -2.37. The number of amides is 2. The molecule has 0 aliphatic carbocycles. The van der Waals surface area contributed by atoms with Crippen molar-refractivity contribution in [3.05, 3.63) is 54.1 Å². The molecule has 8 heteroatoms. The molecule has 2 N–H and O–H groups in total. The third-order valence-corrected chi connectivity index (χ3v) is 3.95. The van der Waals surface area contributed by atoms with Gasteiger partial charge in [-0.3, -0.25) is 0 Å². The largest absolute Gasteiger partial charge is 0.416 e. The molecule has 1 fully saturated rings. The molecule has 0 unspecified atom stereocenters. The smallest absolute Gasteiger partial charge is 0.378 e. The van der Waals surface area contributed by atoms with Crippen molar-refractivity contribution >= 4 is 23.1 Å². The maximum Gasteiger partial charge on any atom is 0.416 e. The Morgan fingerprint density at radius 1 is 1.00 bits per heavy atom. The van der Waals surface area contributed by atoms with Crippen LogP contribution >= 0.6 is 0 Å². The first kappa shape index (κ1) is 18.1. The summed E-state index contributed by atoms with van der Waals surface area (Å²) in [5.74, 6) is 0. The third kappa shape index (κ3) is 4.45. The highest BCUT2D eigenvalue weighted by atomic mass is 19.4. The van der Waals surface area contributed by atoms with Crippen molar-refractivity contribution in [1.82, 2.24) is 0 Å². The van der Waals surface area contributed by atoms with Crippen LogP contribution in [0.5, 0.6) is 0 Å². The molecule has 3 rings (SSSR count). The normalized spacial score (nSPS) is 14.8. The number of para-hydroxylation sites is 2. The lowest BCUT2D eigenvalue weighted by Gasteiger charge is -2.30. The van der Waals surface area contributed by atoms with Gasteiger partial charge >= 0.3 is 12.2 Å². The first-order valence-electron chi connectivity index (χ1n) is 8.10. The van der Waals surface area contributed by atoms with Gasteiger partial charge in [0.1, 0.15) is 0 Å². The summed E-state index contributed by atoms with van der Waals surface area (Å²) in [5, 5.41) is 5.14. The Bertz CT molecular complexity index is 774. The highest BCUT2D eigenvalue weighted by molar-refractivity contribution is 6.01. The minimum Gasteiger partial charge on any atom is -0.378 e. The Morgan fingerprint density at radius 3 is 2.46 bits per heavy atom. The van der Waals surface area contributed by atoms with Gasteiger partial charge < -0.3 is 20.3 Å². The molecule has 2 aromatic carbocycles. The third-order valence-electron chi connectivity index (χ3n) is 3.95. The fourth-order valence-electron chi connectivity index (χ4n) is 2.72. The summed E-state index contributed by atoms with van der Waals surface area (Å²) < 4.78 is 43.6. The molecule has 0 spiro atoms. The molecule has 1 aliphatic rings. The lowest BCUT2D eigenvalue weighted by atomic mass is 10.2. The van der Waals surface area contributed by atoms with Crippen LogP contribution in [0.4, 0.5) is 35.0 Å². The van der Waals surface area contributed by atoms with Gasteiger partial charge in [0.25, 0.3) is 0 Å². The van der Waals surface area contributed by atoms with Crippen LogP contribution in [-0.2, 0) is 10.9 Å². The van der Waals surface area contributed by atoms with Gasteiger partial charge in [-0.05, 0) is 30.3 Å². The lowest BCUT2D eigenvalue weighted by molar-refractivity contribution is -0.137. The zero-order chi connectivity index (χ0) is 18.6. The van der Waals surface area contributed by atoms with Gasteiger partial charge in [-0.1, -0.05) is 18.2 Å². The van der Waals surface area contributed by atoms with Gasteiger partial charge in [0.05, 0.1) is 30.2 Å². The molecule has 26 heavy (non-hydrogen) atoms. The van der Waals surface area contributed by atoms with Crippen LogP contribution in [0.3, 0.4) is 0 Å². The SMILES string of the molecule is O=C(Nc1cccc(C(F)(F)F)c1)Nc1ccccc1N1CCOCC1. The van der Waals surface area contributed by atoms with Crippen molar-refractivity contribution in [2.24, 2.45) is 0 Å². The topological polar surface area (TPSA) is 53.6 Å². The summed E-state index contributed by atoms with van der Waals surface area (Å²) in [6, 6.07) is 11.2. The Balaban J connectivity index is 1.71. The van der Waals surface area contributed by atoms with E-state index in [4.69, 9.17) is 4.74 Å². The van der Waals surface area contributed by atoms with Crippen LogP contribution in [0.15, 0.2) is 48.5 Å². The first-order valence-corrected chi connectivity index (χ1v) is 8.10. The van der Waals surface area contributed by atoms with E-state index < -0.39 is 17.8 Å². The van der Waals surface area contributed by atoms with E-state index in [0.717, 1.165) is 17.8 Å². The molecular weight excluding hydrogens is 347 g/mol. The van der Waals surface area contributed by atoms with Crippen LogP contribution in [0.1, 0.15) is 5.56 Å². The van der Waals surface area contributed by atoms with E-state index in [1.807, 2.05) is 12.1 Å². The molecule has 0 aromatic heterocycles. The van der Waals surface area contributed by atoms with E-state index in [2.05, 4.69) is 15.5 Å². The molecule has 138 valence electrons. The predicted molar refractivity (Wildman–Crippen MR) is 93.6 cm³/mol. The summed E-state index contributed by atoms with van der Waals surface area (Å²) in [6.07, 6.45) is -4.46. The van der Waals surface area contributed by atoms with Crippen LogP contribution in [0.2, 0.25) is 0 Å². The second-order valence-corrected chi connectivity index (χ2v) is 5.77. The molecule has 0 atom stereocenters. The maximum absolute atomic E-state index is 12.8. The number of morpholine rings is 1. The molecule has 1 aliphatic heterocycles. The summed E-state index contributed by atoms with van der Waals surface area (Å²) in [6.45, 7) is 2.61. The molecule has 0 bridgehead atoms. The molecule has 0 saturated carbocycles. The molecule has 1 heterocycles. The number of benzene rings is 2. The van der Waals surface area contributed by atoms with Crippen molar-refractivity contribution in [2.45, 2.75) is 6.18 Å². The number of hydrogen-bond acceptors (Lipinski definition) is 3. The highest BCUT2D eigenvalue weighted by Crippen LogP contribution is 2.31. The van der Waals surface area contributed by atoms with E-state index in [1.165, 1.54) is 12.1 Å². The number of alkyl halides is 3. The average molecular weight is 365 g/mol. The van der Waals surface area contributed by atoms with Crippen LogP contribution in [-0.4, -0.2) is 32.3 Å². The summed E-state index contributed by atoms with van der Waals surface area (Å²) >= 11 is 0. The Morgan fingerprint density at radius 2 is 1.73 bits per heavy atom. The quantitative estimate of drug-likeness (QED) is 0.858. The monoisotopic (exact) mass is 365 g/mol. The van der Waals surface area contributed by atoms with Gasteiger partial charge in [-0.15, -0.1) is 0 Å². The van der Waals surface area contributed by atoms with E-state index in [9.17, 15) is 18.0 Å². The maximum atomic E-state index is 12.8. The number of urea groups is 1. The predicted octanol–water partition coefficient (Wildman–Crippen LogP) is 4.19. The van der Waals surface area contributed by atoms with Crippen molar-refractivity contribution < 1.29 is 22.7 Å². The Labute approximate surface area is 148 Å². The Kier molecular flexibility index (Phi) is 5.32. The number of carbonyl (C=O) groups is 1. The van der Waals surface area contributed by atoms with E-state index in [-0.39, 0.29) is 5.69 Å². The Hall–Kier alpha value is -2.74. The number of anilines is 3. The second kappa shape index (κ2) is 7.65. The molecule has 2 aromatic rings. The van der Waals surface area contributed by atoms with E-state index >= 15 is 0 Å². The second-order valence-electron chi connectivity index (χ2n) is 5.77. The van der Waals surface area contributed by atoms with E-state index in [0.29, 0.717) is 32.0 Å². The van der Waals surface area contributed by atoms with Crippen molar-refractivity contribution in [3.8, 4) is 0 Å². The fraction of sp³-hybridized carbons (Fsp3) is 0.278. The summed E-state index contributed by atoms with van der Waals surface area (Å²) in [4.78, 5) is 14.3. The molecule has 1 saturated heterocycles. The number of nitrogens with one attached hydrogen (secondary N) is 2. The number of halogens is 3. The molecule has 0 radical (unpaired) electrons. The molecular formula is C18H18F3N3O2. The van der Waals surface area contributed by atoms with Gasteiger partial charge in [0.2, 0.25) is 0 Å². The standard InChI is InChI=1S/C18H18F3N3O2/c19-18(20,21)13-4-3-5-14(12-13)22-17(25)23-15-6-1-2-7-16(15)24-8-10-26-11-9-24/h1-7,12H,8-11H2,(H2,22,23,25). The van der Waals surface area contributed by atoms with Gasteiger partial charge in [0, 0.05) is 18.8 Å². The average Bonchev–Trinajstić information content (AvgIpc) is 2.62. The number of nitrogens with zero attached hydrogens (tertiary/aromatic N) is 1. The van der Waals surface area contributed by atoms with Crippen molar-refractivity contribution in [1.29, 1.82) is 0 Å². The van der Waals surface area contributed by atoms with Gasteiger partial charge in [0.15, 0.2) is 0 Å². The zero-order valence-electron chi connectivity index (χ0n) is 13.8. The van der Waals surface area contributed by atoms with Crippen molar-refractivity contribution in [3.63, 3.8) is 0 Å².